The van der Waals surface area contributed by atoms with Crippen molar-refractivity contribution in [3.63, 3.8) is 0 Å². The van der Waals surface area contributed by atoms with Crippen LogP contribution in [0.5, 0.6) is 0 Å². The molecule has 1 aliphatic heterocycles. The lowest BCUT2D eigenvalue weighted by atomic mass is 10.2. The minimum Gasteiger partial charge on any atom is -0.433 e. The average Bonchev–Trinajstić information content (AvgIpc) is 2.85. The first-order chi connectivity index (χ1) is 10.1. The van der Waals surface area contributed by atoms with Crippen LogP contribution in [0.3, 0.4) is 0 Å². The Bertz CT molecular complexity index is 713. The summed E-state index contributed by atoms with van der Waals surface area (Å²) >= 11 is 11.8. The number of halogens is 2. The molecule has 1 saturated heterocycles. The van der Waals surface area contributed by atoms with E-state index in [0.717, 1.165) is 11.1 Å². The predicted octanol–water partition coefficient (Wildman–Crippen LogP) is 4.18. The van der Waals surface area contributed by atoms with Gasteiger partial charge in [0.2, 0.25) is 0 Å². The Labute approximate surface area is 132 Å². The third kappa shape index (κ3) is 3.04. The van der Waals surface area contributed by atoms with Crippen molar-refractivity contribution in [2.24, 2.45) is 0 Å². The van der Waals surface area contributed by atoms with E-state index in [1.807, 2.05) is 30.3 Å². The van der Waals surface area contributed by atoms with E-state index in [2.05, 4.69) is 5.32 Å². The number of carbonyl (C=O) groups excluding carboxylic acids is 1. The number of cyclic esters (lactones) is 1. The summed E-state index contributed by atoms with van der Waals surface area (Å²) in [6, 6.07) is 14.7. The number of esters is 1. The smallest absolute Gasteiger partial charge is 0.356 e. The number of carbonyl (C=O) groups is 1. The van der Waals surface area contributed by atoms with Gasteiger partial charge in [0.05, 0.1) is 10.0 Å². The minimum absolute atomic E-state index is 0.391. The Morgan fingerprint density at radius 2 is 1.81 bits per heavy atom. The van der Waals surface area contributed by atoms with Crippen molar-refractivity contribution in [2.75, 3.05) is 0 Å². The van der Waals surface area contributed by atoms with Gasteiger partial charge in [-0.3, -0.25) is 0 Å². The van der Waals surface area contributed by atoms with Gasteiger partial charge in [-0.1, -0.05) is 59.6 Å². The lowest BCUT2D eigenvalue weighted by Gasteiger charge is -2.08. The number of rotatable bonds is 2. The molecule has 1 unspecified atom stereocenters. The molecule has 21 heavy (non-hydrogen) atoms. The molecule has 1 heterocycles. The monoisotopic (exact) mass is 319 g/mol. The molecule has 3 nitrogen and oxygen atoms in total. The Hall–Kier alpha value is -1.97. The Morgan fingerprint density at radius 3 is 2.52 bits per heavy atom. The highest BCUT2D eigenvalue weighted by Crippen LogP contribution is 2.27. The molecular weight excluding hydrogens is 309 g/mol. The minimum atomic E-state index is -0.465. The molecule has 0 aromatic heterocycles. The SMILES string of the molecule is O=C1OC(c2ccccc2)N/C1=C/c1ccc(Cl)c(Cl)c1. The van der Waals surface area contributed by atoms with Crippen LogP contribution in [0.2, 0.25) is 10.0 Å². The van der Waals surface area contributed by atoms with Crippen molar-refractivity contribution in [3.8, 4) is 0 Å². The van der Waals surface area contributed by atoms with E-state index in [0.29, 0.717) is 15.7 Å². The van der Waals surface area contributed by atoms with E-state index in [4.69, 9.17) is 27.9 Å². The van der Waals surface area contributed by atoms with E-state index < -0.39 is 12.2 Å². The van der Waals surface area contributed by atoms with Crippen LogP contribution in [0.1, 0.15) is 17.4 Å². The number of nitrogens with one attached hydrogen (secondary N) is 1. The molecule has 0 amide bonds. The van der Waals surface area contributed by atoms with Gasteiger partial charge in [-0.25, -0.2) is 4.79 Å². The van der Waals surface area contributed by atoms with Crippen molar-refractivity contribution in [1.82, 2.24) is 5.32 Å². The van der Waals surface area contributed by atoms with Gasteiger partial charge in [0.1, 0.15) is 5.70 Å². The zero-order valence-electron chi connectivity index (χ0n) is 10.8. The van der Waals surface area contributed by atoms with Crippen LogP contribution in [0, 0.1) is 0 Å². The molecule has 0 radical (unpaired) electrons. The molecular formula is C16H11Cl2NO2. The van der Waals surface area contributed by atoms with Crippen molar-refractivity contribution in [2.45, 2.75) is 6.23 Å². The molecule has 2 aromatic carbocycles. The molecule has 1 N–H and O–H groups in total. The summed E-state index contributed by atoms with van der Waals surface area (Å²) in [6.07, 6.45) is 1.22. The van der Waals surface area contributed by atoms with Crippen molar-refractivity contribution >= 4 is 35.2 Å². The fourth-order valence-electron chi connectivity index (χ4n) is 2.05. The Balaban J connectivity index is 1.85. The average molecular weight is 320 g/mol. The lowest BCUT2D eigenvalue weighted by Crippen LogP contribution is -2.12. The van der Waals surface area contributed by atoms with Gasteiger partial charge >= 0.3 is 5.97 Å². The molecule has 2 aromatic rings. The first-order valence-corrected chi connectivity index (χ1v) is 7.08. The third-order valence-corrected chi connectivity index (χ3v) is 3.83. The highest BCUT2D eigenvalue weighted by Gasteiger charge is 2.28. The largest absolute Gasteiger partial charge is 0.433 e. The fraction of sp³-hybridized carbons (Fsp3) is 0.0625. The second-order valence-corrected chi connectivity index (χ2v) is 5.39. The van der Waals surface area contributed by atoms with Crippen LogP contribution >= 0.6 is 23.2 Å². The molecule has 0 bridgehead atoms. The van der Waals surface area contributed by atoms with Crippen LogP contribution < -0.4 is 5.32 Å². The van der Waals surface area contributed by atoms with Gasteiger partial charge < -0.3 is 10.1 Å². The molecule has 1 atom stereocenters. The topological polar surface area (TPSA) is 38.3 Å². The molecule has 0 aliphatic carbocycles. The Kier molecular flexibility index (Phi) is 3.86. The first-order valence-electron chi connectivity index (χ1n) is 6.33. The van der Waals surface area contributed by atoms with Crippen LogP contribution in [-0.2, 0) is 9.53 Å². The summed E-state index contributed by atoms with van der Waals surface area (Å²) in [6.45, 7) is 0. The predicted molar refractivity (Wildman–Crippen MR) is 82.8 cm³/mol. The summed E-state index contributed by atoms with van der Waals surface area (Å²) in [5.41, 5.74) is 2.06. The maximum Gasteiger partial charge on any atom is 0.356 e. The molecule has 106 valence electrons. The Morgan fingerprint density at radius 1 is 1.05 bits per heavy atom. The molecule has 5 heteroatoms. The van der Waals surface area contributed by atoms with Crippen LogP contribution in [-0.4, -0.2) is 5.97 Å². The van der Waals surface area contributed by atoms with Gasteiger partial charge in [0.25, 0.3) is 0 Å². The maximum atomic E-state index is 11.9. The van der Waals surface area contributed by atoms with E-state index >= 15 is 0 Å². The molecule has 1 aliphatic rings. The second kappa shape index (κ2) is 5.80. The van der Waals surface area contributed by atoms with E-state index in [1.54, 1.807) is 24.3 Å². The quantitative estimate of drug-likeness (QED) is 0.666. The summed E-state index contributed by atoms with van der Waals surface area (Å²) in [5, 5.41) is 3.97. The van der Waals surface area contributed by atoms with Crippen LogP contribution in [0.4, 0.5) is 0 Å². The van der Waals surface area contributed by atoms with Crippen molar-refractivity contribution in [3.05, 3.63) is 75.4 Å². The summed E-state index contributed by atoms with van der Waals surface area (Å²) in [7, 11) is 0. The standard InChI is InChI=1S/C16H11Cl2NO2/c17-12-7-6-10(8-13(12)18)9-14-16(20)21-15(19-14)11-4-2-1-3-5-11/h1-9,15,19H/b14-9+. The van der Waals surface area contributed by atoms with Crippen molar-refractivity contribution in [1.29, 1.82) is 0 Å². The number of hydrogen-bond acceptors (Lipinski definition) is 3. The third-order valence-electron chi connectivity index (χ3n) is 3.09. The van der Waals surface area contributed by atoms with Crippen molar-refractivity contribution < 1.29 is 9.53 Å². The molecule has 1 fully saturated rings. The second-order valence-electron chi connectivity index (χ2n) is 4.57. The van der Waals surface area contributed by atoms with Gasteiger partial charge in [0, 0.05) is 5.56 Å². The van der Waals surface area contributed by atoms with E-state index in [9.17, 15) is 4.79 Å². The summed E-state index contributed by atoms with van der Waals surface area (Å²) in [5.74, 6) is -0.394. The summed E-state index contributed by atoms with van der Waals surface area (Å²) in [4.78, 5) is 11.9. The lowest BCUT2D eigenvalue weighted by molar-refractivity contribution is -0.139. The number of ether oxygens (including phenoxy) is 1. The van der Waals surface area contributed by atoms with E-state index in [-0.39, 0.29) is 0 Å². The van der Waals surface area contributed by atoms with Gasteiger partial charge in [-0.05, 0) is 23.8 Å². The van der Waals surface area contributed by atoms with Gasteiger partial charge in [-0.15, -0.1) is 0 Å². The van der Waals surface area contributed by atoms with Gasteiger partial charge in [-0.2, -0.15) is 0 Å². The maximum absolute atomic E-state index is 11.9. The summed E-state index contributed by atoms with van der Waals surface area (Å²) < 4.78 is 5.31. The number of benzene rings is 2. The molecule has 3 rings (SSSR count). The van der Waals surface area contributed by atoms with Crippen LogP contribution in [0.15, 0.2) is 54.2 Å². The normalized spacial score (nSPS) is 19.4. The van der Waals surface area contributed by atoms with Gasteiger partial charge in [0.15, 0.2) is 6.23 Å². The zero-order chi connectivity index (χ0) is 14.8. The zero-order valence-corrected chi connectivity index (χ0v) is 12.4. The van der Waals surface area contributed by atoms with E-state index in [1.165, 1.54) is 0 Å². The highest BCUT2D eigenvalue weighted by atomic mass is 35.5. The highest BCUT2D eigenvalue weighted by molar-refractivity contribution is 6.42. The number of hydrogen-bond donors (Lipinski definition) is 1. The van der Waals surface area contributed by atoms with Crippen LogP contribution in [0.25, 0.3) is 6.08 Å². The fourth-order valence-corrected chi connectivity index (χ4v) is 2.36. The molecule has 0 spiro atoms. The molecule has 0 saturated carbocycles. The first kappa shape index (κ1) is 14.0.